The average Bonchev–Trinajstić information content (AvgIpc) is 2.81. The summed E-state index contributed by atoms with van der Waals surface area (Å²) in [6.07, 6.45) is 0. The molecule has 1 aromatic carbocycles. The van der Waals surface area contributed by atoms with Crippen LogP contribution < -0.4 is 5.32 Å². The Kier molecular flexibility index (Phi) is 4.39. The van der Waals surface area contributed by atoms with E-state index in [1.165, 1.54) is 23.5 Å². The van der Waals surface area contributed by atoms with E-state index in [0.29, 0.717) is 4.88 Å². The van der Waals surface area contributed by atoms with E-state index < -0.39 is 0 Å². The number of thiophene rings is 1. The Hall–Kier alpha value is -1.17. The Morgan fingerprint density at radius 2 is 2.00 bits per heavy atom. The van der Waals surface area contributed by atoms with E-state index >= 15 is 0 Å². The fourth-order valence-corrected chi connectivity index (χ4v) is 3.15. The predicted molar refractivity (Wildman–Crippen MR) is 77.8 cm³/mol. The molecule has 0 saturated carbocycles. The Labute approximate surface area is 120 Å². The van der Waals surface area contributed by atoms with Crippen LogP contribution in [0.25, 0.3) is 10.1 Å². The number of benzene rings is 1. The van der Waals surface area contributed by atoms with Crippen molar-refractivity contribution in [3.63, 3.8) is 0 Å². The van der Waals surface area contributed by atoms with Crippen molar-refractivity contribution in [2.75, 3.05) is 26.2 Å². The van der Waals surface area contributed by atoms with Crippen LogP contribution in [0.2, 0.25) is 0 Å². The molecular weight excluding hydrogens is 287 g/mol. The summed E-state index contributed by atoms with van der Waals surface area (Å²) in [7, 11) is 0. The van der Waals surface area contributed by atoms with Crippen LogP contribution in [0.1, 0.15) is 9.67 Å². The molecule has 2 aromatic rings. The molecule has 19 heavy (non-hydrogen) atoms. The van der Waals surface area contributed by atoms with Gasteiger partial charge in [-0.05, 0) is 29.7 Å². The fourth-order valence-electron chi connectivity index (χ4n) is 2.14. The van der Waals surface area contributed by atoms with Gasteiger partial charge in [0, 0.05) is 30.9 Å². The lowest BCUT2D eigenvalue weighted by Gasteiger charge is -2.26. The average molecular weight is 301 g/mol. The summed E-state index contributed by atoms with van der Waals surface area (Å²) >= 11 is 1.43. The van der Waals surface area contributed by atoms with E-state index in [-0.39, 0.29) is 24.1 Å². The van der Waals surface area contributed by atoms with Crippen molar-refractivity contribution in [2.24, 2.45) is 0 Å². The van der Waals surface area contributed by atoms with Crippen LogP contribution in [0, 0.1) is 5.82 Å². The Bertz CT molecular complexity index is 595. The molecule has 1 aliphatic rings. The number of rotatable bonds is 1. The molecule has 6 heteroatoms. The molecule has 102 valence electrons. The van der Waals surface area contributed by atoms with Gasteiger partial charge < -0.3 is 10.2 Å². The lowest BCUT2D eigenvalue weighted by atomic mass is 10.2. The highest BCUT2D eigenvalue weighted by atomic mass is 35.5. The normalized spacial score (nSPS) is 15.3. The van der Waals surface area contributed by atoms with Crippen LogP contribution in [0.3, 0.4) is 0 Å². The van der Waals surface area contributed by atoms with Gasteiger partial charge >= 0.3 is 0 Å². The first-order valence-electron chi connectivity index (χ1n) is 5.93. The van der Waals surface area contributed by atoms with Gasteiger partial charge in [0.25, 0.3) is 5.91 Å². The zero-order valence-corrected chi connectivity index (χ0v) is 11.8. The topological polar surface area (TPSA) is 32.3 Å². The number of fused-ring (bicyclic) bond motifs is 1. The molecule has 1 N–H and O–H groups in total. The van der Waals surface area contributed by atoms with Crippen LogP contribution in [0.4, 0.5) is 4.39 Å². The molecule has 0 bridgehead atoms. The number of amides is 1. The molecule has 1 saturated heterocycles. The molecule has 0 aliphatic carbocycles. The summed E-state index contributed by atoms with van der Waals surface area (Å²) in [6.45, 7) is 3.15. The van der Waals surface area contributed by atoms with E-state index in [1.807, 2.05) is 4.90 Å². The van der Waals surface area contributed by atoms with Gasteiger partial charge in [-0.3, -0.25) is 4.79 Å². The summed E-state index contributed by atoms with van der Waals surface area (Å²) in [5, 5.41) is 4.02. The molecule has 0 spiro atoms. The third kappa shape index (κ3) is 2.88. The molecule has 1 aromatic heterocycles. The largest absolute Gasteiger partial charge is 0.335 e. The SMILES string of the molecule is Cl.O=C(c1cc2cc(F)ccc2s1)N1CCNCC1. The van der Waals surface area contributed by atoms with Crippen LogP contribution in [-0.4, -0.2) is 37.0 Å². The molecule has 1 fully saturated rings. The summed E-state index contributed by atoms with van der Waals surface area (Å²) < 4.78 is 14.1. The van der Waals surface area contributed by atoms with Gasteiger partial charge in [-0.1, -0.05) is 0 Å². The first-order valence-corrected chi connectivity index (χ1v) is 6.75. The molecular formula is C13H14ClFN2OS. The second-order valence-corrected chi connectivity index (χ2v) is 5.42. The van der Waals surface area contributed by atoms with Crippen molar-refractivity contribution >= 4 is 39.7 Å². The quantitative estimate of drug-likeness (QED) is 0.878. The summed E-state index contributed by atoms with van der Waals surface area (Å²) in [5.41, 5.74) is 0. The molecule has 0 atom stereocenters. The van der Waals surface area contributed by atoms with E-state index in [2.05, 4.69) is 5.32 Å². The van der Waals surface area contributed by atoms with E-state index in [9.17, 15) is 9.18 Å². The van der Waals surface area contributed by atoms with Crippen molar-refractivity contribution < 1.29 is 9.18 Å². The predicted octanol–water partition coefficient (Wildman–Crippen LogP) is 2.51. The zero-order valence-electron chi connectivity index (χ0n) is 10.2. The Balaban J connectivity index is 0.00000133. The van der Waals surface area contributed by atoms with Crippen molar-refractivity contribution in [3.8, 4) is 0 Å². The minimum absolute atomic E-state index is 0. The number of hydrogen-bond donors (Lipinski definition) is 1. The second-order valence-electron chi connectivity index (χ2n) is 4.33. The smallest absolute Gasteiger partial charge is 0.264 e. The molecule has 2 heterocycles. The number of halogens is 2. The number of carbonyl (C=O) groups is 1. The Morgan fingerprint density at radius 1 is 1.26 bits per heavy atom. The highest BCUT2D eigenvalue weighted by molar-refractivity contribution is 7.20. The minimum atomic E-state index is -0.263. The van der Waals surface area contributed by atoms with Crippen molar-refractivity contribution in [1.29, 1.82) is 0 Å². The van der Waals surface area contributed by atoms with Gasteiger partial charge in [0.1, 0.15) is 5.82 Å². The van der Waals surface area contributed by atoms with Gasteiger partial charge in [0.2, 0.25) is 0 Å². The lowest BCUT2D eigenvalue weighted by Crippen LogP contribution is -2.46. The highest BCUT2D eigenvalue weighted by Crippen LogP contribution is 2.27. The standard InChI is InChI=1S/C13H13FN2OS.ClH/c14-10-1-2-11-9(7-10)8-12(18-11)13(17)16-5-3-15-4-6-16;/h1-2,7-8,15H,3-6H2;1H. The summed E-state index contributed by atoms with van der Waals surface area (Å²) in [4.78, 5) is 14.8. The van der Waals surface area contributed by atoms with Crippen LogP contribution in [-0.2, 0) is 0 Å². The lowest BCUT2D eigenvalue weighted by molar-refractivity contribution is 0.0741. The molecule has 3 nitrogen and oxygen atoms in total. The number of carbonyl (C=O) groups excluding carboxylic acids is 1. The van der Waals surface area contributed by atoms with Crippen molar-refractivity contribution in [2.45, 2.75) is 0 Å². The van der Waals surface area contributed by atoms with E-state index in [4.69, 9.17) is 0 Å². The molecule has 1 amide bonds. The number of nitrogens with one attached hydrogen (secondary N) is 1. The second kappa shape index (κ2) is 5.86. The van der Waals surface area contributed by atoms with Gasteiger partial charge in [-0.2, -0.15) is 0 Å². The number of piperazine rings is 1. The van der Waals surface area contributed by atoms with Crippen molar-refractivity contribution in [1.82, 2.24) is 10.2 Å². The molecule has 0 unspecified atom stereocenters. The first kappa shape index (κ1) is 14.2. The fraction of sp³-hybridized carbons (Fsp3) is 0.308. The maximum Gasteiger partial charge on any atom is 0.264 e. The number of hydrogen-bond acceptors (Lipinski definition) is 3. The van der Waals surface area contributed by atoms with Crippen LogP contribution >= 0.6 is 23.7 Å². The minimum Gasteiger partial charge on any atom is -0.335 e. The third-order valence-corrected chi connectivity index (χ3v) is 4.20. The Morgan fingerprint density at radius 3 is 2.74 bits per heavy atom. The number of nitrogens with zero attached hydrogens (tertiary/aromatic N) is 1. The third-order valence-electron chi connectivity index (χ3n) is 3.09. The zero-order chi connectivity index (χ0) is 12.5. The first-order chi connectivity index (χ1) is 8.74. The van der Waals surface area contributed by atoms with Gasteiger partial charge in [-0.25, -0.2) is 4.39 Å². The van der Waals surface area contributed by atoms with E-state index in [1.54, 1.807) is 12.1 Å². The van der Waals surface area contributed by atoms with Crippen LogP contribution in [0.15, 0.2) is 24.3 Å². The summed E-state index contributed by atoms with van der Waals surface area (Å²) in [5.74, 6) is -0.209. The van der Waals surface area contributed by atoms with Gasteiger partial charge in [-0.15, -0.1) is 23.7 Å². The van der Waals surface area contributed by atoms with Gasteiger partial charge in [0.05, 0.1) is 4.88 Å². The maximum atomic E-state index is 13.1. The monoisotopic (exact) mass is 300 g/mol. The van der Waals surface area contributed by atoms with Gasteiger partial charge in [0.15, 0.2) is 0 Å². The van der Waals surface area contributed by atoms with Crippen LogP contribution in [0.5, 0.6) is 0 Å². The summed E-state index contributed by atoms with van der Waals surface area (Å²) in [6, 6.07) is 6.41. The highest BCUT2D eigenvalue weighted by Gasteiger charge is 2.19. The molecule has 1 aliphatic heterocycles. The van der Waals surface area contributed by atoms with Crippen molar-refractivity contribution in [3.05, 3.63) is 35.0 Å². The van der Waals surface area contributed by atoms with E-state index in [0.717, 1.165) is 36.3 Å². The molecule has 3 rings (SSSR count). The maximum absolute atomic E-state index is 13.1. The molecule has 0 radical (unpaired) electrons.